The number of nitrogens with zero attached hydrogens (tertiary/aromatic N) is 1. The van der Waals surface area contributed by atoms with Crippen LogP contribution in [0.5, 0.6) is 0 Å². The second-order valence-corrected chi connectivity index (χ2v) is 5.58. The van der Waals surface area contributed by atoms with Gasteiger partial charge < -0.3 is 10.6 Å². The summed E-state index contributed by atoms with van der Waals surface area (Å²) in [4.78, 5) is 13.0. The summed E-state index contributed by atoms with van der Waals surface area (Å²) in [5, 5.41) is 0. The van der Waals surface area contributed by atoms with Crippen molar-refractivity contribution in [2.45, 2.75) is 64.2 Å². The fraction of sp³-hybridized carbons (Fsp3) is 0.923. The lowest BCUT2D eigenvalue weighted by atomic mass is 10.1. The predicted octanol–water partition coefficient (Wildman–Crippen LogP) is 2.69. The third-order valence-corrected chi connectivity index (χ3v) is 3.52. The lowest BCUT2D eigenvalue weighted by Gasteiger charge is -2.30. The first-order valence-electron chi connectivity index (χ1n) is 6.82. The molecular weight excluding hydrogens is 257 g/mol. The third-order valence-electron chi connectivity index (χ3n) is 3.52. The summed E-state index contributed by atoms with van der Waals surface area (Å²) in [7, 11) is 0. The molecular formula is C13H23F3N2O. The molecule has 1 aliphatic rings. The fourth-order valence-corrected chi connectivity index (χ4v) is 2.20. The molecule has 6 heteroatoms. The Bertz CT molecular complexity index is 301. The maximum absolute atomic E-state index is 12.5. The highest BCUT2D eigenvalue weighted by Crippen LogP contribution is 2.36. The largest absolute Gasteiger partial charge is 0.406 e. The average Bonchev–Trinajstić information content (AvgIpc) is 3.06. The molecule has 3 nitrogen and oxygen atoms in total. The Morgan fingerprint density at radius 3 is 2.37 bits per heavy atom. The van der Waals surface area contributed by atoms with Gasteiger partial charge >= 0.3 is 6.18 Å². The van der Waals surface area contributed by atoms with Crippen LogP contribution in [0.15, 0.2) is 0 Å². The van der Waals surface area contributed by atoms with E-state index in [1.54, 1.807) is 6.92 Å². The Kier molecular flexibility index (Phi) is 5.64. The quantitative estimate of drug-likeness (QED) is 0.779. The van der Waals surface area contributed by atoms with Crippen LogP contribution in [0, 0.1) is 5.92 Å². The monoisotopic (exact) mass is 280 g/mol. The molecule has 1 saturated carbocycles. The van der Waals surface area contributed by atoms with Gasteiger partial charge in [0.2, 0.25) is 5.91 Å². The van der Waals surface area contributed by atoms with Crippen molar-refractivity contribution in [3.05, 3.63) is 0 Å². The molecule has 0 bridgehead atoms. The highest BCUT2D eigenvalue weighted by atomic mass is 19.4. The Balaban J connectivity index is 2.53. The summed E-state index contributed by atoms with van der Waals surface area (Å²) >= 11 is 0. The molecule has 112 valence electrons. The van der Waals surface area contributed by atoms with Gasteiger partial charge in [-0.2, -0.15) is 13.2 Å². The first-order chi connectivity index (χ1) is 8.70. The highest BCUT2D eigenvalue weighted by molar-refractivity contribution is 5.76. The van der Waals surface area contributed by atoms with Crippen LogP contribution in [0.25, 0.3) is 0 Å². The molecule has 1 aliphatic carbocycles. The van der Waals surface area contributed by atoms with E-state index in [1.165, 1.54) is 0 Å². The van der Waals surface area contributed by atoms with Crippen LogP contribution in [-0.2, 0) is 4.79 Å². The zero-order valence-electron chi connectivity index (χ0n) is 11.5. The topological polar surface area (TPSA) is 46.3 Å². The number of halogens is 3. The van der Waals surface area contributed by atoms with E-state index in [2.05, 4.69) is 0 Å². The first-order valence-corrected chi connectivity index (χ1v) is 6.82. The second-order valence-electron chi connectivity index (χ2n) is 5.58. The van der Waals surface area contributed by atoms with Crippen molar-refractivity contribution in [3.8, 4) is 0 Å². The maximum atomic E-state index is 12.5. The van der Waals surface area contributed by atoms with E-state index < -0.39 is 18.6 Å². The van der Waals surface area contributed by atoms with Crippen LogP contribution in [0.1, 0.15) is 46.0 Å². The van der Waals surface area contributed by atoms with E-state index in [0.717, 1.165) is 17.7 Å². The molecule has 2 N–H and O–H groups in total. The van der Waals surface area contributed by atoms with Crippen LogP contribution in [0.3, 0.4) is 0 Å². The van der Waals surface area contributed by atoms with E-state index in [0.29, 0.717) is 12.8 Å². The molecule has 0 aromatic carbocycles. The molecule has 0 saturated heterocycles. The van der Waals surface area contributed by atoms with Gasteiger partial charge in [0.15, 0.2) is 0 Å². The summed E-state index contributed by atoms with van der Waals surface area (Å²) in [6, 6.07) is -0.339. The van der Waals surface area contributed by atoms with Gasteiger partial charge in [-0.25, -0.2) is 0 Å². The third kappa shape index (κ3) is 6.27. The molecule has 0 aromatic heterocycles. The molecule has 0 aliphatic heterocycles. The van der Waals surface area contributed by atoms with Crippen molar-refractivity contribution in [3.63, 3.8) is 0 Å². The van der Waals surface area contributed by atoms with Gasteiger partial charge in [0.1, 0.15) is 6.54 Å². The van der Waals surface area contributed by atoms with Crippen LogP contribution in [-0.4, -0.2) is 35.6 Å². The number of carbonyl (C=O) groups excluding carboxylic acids is 1. The van der Waals surface area contributed by atoms with Crippen molar-refractivity contribution >= 4 is 5.91 Å². The van der Waals surface area contributed by atoms with E-state index in [4.69, 9.17) is 5.73 Å². The van der Waals surface area contributed by atoms with Crippen molar-refractivity contribution in [1.29, 1.82) is 0 Å². The van der Waals surface area contributed by atoms with Gasteiger partial charge in [0, 0.05) is 18.5 Å². The summed E-state index contributed by atoms with van der Waals surface area (Å²) in [6.45, 7) is 2.40. The van der Waals surface area contributed by atoms with E-state index in [-0.39, 0.29) is 24.4 Å². The molecule has 0 radical (unpaired) electrons. The summed E-state index contributed by atoms with van der Waals surface area (Å²) in [5.74, 6) is -0.169. The number of amides is 1. The molecule has 0 heterocycles. The second kappa shape index (κ2) is 6.59. The number of carbonyl (C=O) groups is 1. The van der Waals surface area contributed by atoms with Crippen molar-refractivity contribution in [2.75, 3.05) is 6.54 Å². The molecule has 1 rings (SSSR count). The normalized spacial score (nSPS) is 19.1. The van der Waals surface area contributed by atoms with Crippen LogP contribution < -0.4 is 5.73 Å². The zero-order chi connectivity index (χ0) is 14.6. The summed E-state index contributed by atoms with van der Waals surface area (Å²) in [5.41, 5.74) is 5.57. The van der Waals surface area contributed by atoms with Crippen LogP contribution in [0.4, 0.5) is 13.2 Å². The van der Waals surface area contributed by atoms with Gasteiger partial charge in [-0.15, -0.1) is 0 Å². The predicted molar refractivity (Wildman–Crippen MR) is 67.5 cm³/mol. The van der Waals surface area contributed by atoms with Crippen molar-refractivity contribution < 1.29 is 18.0 Å². The number of alkyl halides is 3. The molecule has 2 atom stereocenters. The Morgan fingerprint density at radius 1 is 1.37 bits per heavy atom. The molecule has 1 fully saturated rings. The smallest absolute Gasteiger partial charge is 0.331 e. The molecule has 0 aromatic rings. The fourth-order valence-electron chi connectivity index (χ4n) is 2.20. The number of rotatable bonds is 7. The molecule has 1 amide bonds. The highest BCUT2D eigenvalue weighted by Gasteiger charge is 2.40. The van der Waals surface area contributed by atoms with Gasteiger partial charge in [0.25, 0.3) is 0 Å². The van der Waals surface area contributed by atoms with Gasteiger partial charge in [-0.1, -0.05) is 0 Å². The zero-order valence-corrected chi connectivity index (χ0v) is 11.5. The number of nitrogens with two attached hydrogens (primary N) is 1. The van der Waals surface area contributed by atoms with Crippen molar-refractivity contribution in [1.82, 2.24) is 4.90 Å². The molecule has 19 heavy (non-hydrogen) atoms. The minimum Gasteiger partial charge on any atom is -0.331 e. The summed E-state index contributed by atoms with van der Waals surface area (Å²) in [6.07, 6.45) is -1.15. The molecule has 0 spiro atoms. The summed E-state index contributed by atoms with van der Waals surface area (Å²) < 4.78 is 37.6. The first kappa shape index (κ1) is 16.3. The number of hydrogen-bond donors (Lipinski definition) is 1. The number of hydrogen-bond acceptors (Lipinski definition) is 2. The van der Waals surface area contributed by atoms with Crippen LogP contribution in [0.2, 0.25) is 0 Å². The Hall–Kier alpha value is -0.780. The lowest BCUT2D eigenvalue weighted by molar-refractivity contribution is -0.166. The van der Waals surface area contributed by atoms with E-state index in [1.807, 2.05) is 6.92 Å². The lowest BCUT2D eigenvalue weighted by Crippen LogP contribution is -2.45. The van der Waals surface area contributed by atoms with Gasteiger partial charge in [0.05, 0.1) is 0 Å². The minimum atomic E-state index is -4.33. The SMILES string of the molecule is CC(N)CCCC(=O)N(CC(F)(F)F)C(C)C1CC1. The maximum Gasteiger partial charge on any atom is 0.406 e. The Morgan fingerprint density at radius 2 is 1.95 bits per heavy atom. The van der Waals surface area contributed by atoms with Gasteiger partial charge in [-0.3, -0.25) is 4.79 Å². The van der Waals surface area contributed by atoms with E-state index >= 15 is 0 Å². The standard InChI is InChI=1S/C13H23F3N2O/c1-9(17)4-3-5-12(19)18(8-13(14,15)16)10(2)11-6-7-11/h9-11H,3-8,17H2,1-2H3. The van der Waals surface area contributed by atoms with Gasteiger partial charge in [-0.05, 0) is 45.4 Å². The molecule has 2 unspecified atom stereocenters. The minimum absolute atomic E-state index is 0.0234. The average molecular weight is 280 g/mol. The van der Waals surface area contributed by atoms with E-state index in [9.17, 15) is 18.0 Å². The Labute approximate surface area is 112 Å². The van der Waals surface area contributed by atoms with Crippen molar-refractivity contribution in [2.24, 2.45) is 11.7 Å². The van der Waals surface area contributed by atoms with Crippen LogP contribution >= 0.6 is 0 Å².